The monoisotopic (exact) mass is 403 g/mol. The Labute approximate surface area is 173 Å². The number of hydrogen-bond acceptors (Lipinski definition) is 4. The second-order valence-electron chi connectivity index (χ2n) is 9.79. The van der Waals surface area contributed by atoms with E-state index >= 15 is 0 Å². The second-order valence-corrected chi connectivity index (χ2v) is 10.7. The predicted octanol–water partition coefficient (Wildman–Crippen LogP) is 4.91. The summed E-state index contributed by atoms with van der Waals surface area (Å²) in [6.07, 6.45) is 9.89. The van der Waals surface area contributed by atoms with Crippen LogP contribution < -0.4 is 10.1 Å². The van der Waals surface area contributed by atoms with Gasteiger partial charge in [0.2, 0.25) is 0 Å². The van der Waals surface area contributed by atoms with Gasteiger partial charge in [0, 0.05) is 4.90 Å². The molecule has 4 nitrogen and oxygen atoms in total. The third kappa shape index (κ3) is 4.06. The first-order valence-corrected chi connectivity index (χ1v) is 11.7. The van der Waals surface area contributed by atoms with E-state index in [1.807, 2.05) is 38.3 Å². The zero-order valence-electron chi connectivity index (χ0n) is 17.5. The number of benzene rings is 1. The van der Waals surface area contributed by atoms with E-state index in [2.05, 4.69) is 5.32 Å². The SMILES string of the molecule is COc1cc(SC)ccc1C(=O)NC(C)(C)COC12CC3CC(CC(C3)C1)C2. The highest BCUT2D eigenvalue weighted by atomic mass is 32.2. The zero-order chi connectivity index (χ0) is 19.9. The summed E-state index contributed by atoms with van der Waals surface area (Å²) < 4.78 is 12.0. The van der Waals surface area contributed by atoms with Gasteiger partial charge in [0.25, 0.3) is 5.91 Å². The summed E-state index contributed by atoms with van der Waals surface area (Å²) in [5.74, 6) is 3.10. The van der Waals surface area contributed by atoms with Crippen molar-refractivity contribution in [1.29, 1.82) is 0 Å². The van der Waals surface area contributed by atoms with Crippen LogP contribution in [0.25, 0.3) is 0 Å². The van der Waals surface area contributed by atoms with Gasteiger partial charge in [-0.25, -0.2) is 0 Å². The molecule has 1 aromatic rings. The van der Waals surface area contributed by atoms with Crippen molar-refractivity contribution in [3.05, 3.63) is 23.8 Å². The lowest BCUT2D eigenvalue weighted by molar-refractivity contribution is -0.170. The van der Waals surface area contributed by atoms with Crippen molar-refractivity contribution in [3.8, 4) is 5.75 Å². The molecule has 5 heteroatoms. The number of methoxy groups -OCH3 is 1. The number of hydrogen-bond donors (Lipinski definition) is 1. The number of carbonyl (C=O) groups is 1. The van der Waals surface area contributed by atoms with Crippen molar-refractivity contribution in [2.24, 2.45) is 17.8 Å². The van der Waals surface area contributed by atoms with Crippen LogP contribution in [0.1, 0.15) is 62.7 Å². The number of nitrogens with one attached hydrogen (secondary N) is 1. The Morgan fingerprint density at radius 1 is 1.18 bits per heavy atom. The Balaban J connectivity index is 1.40. The summed E-state index contributed by atoms with van der Waals surface area (Å²) in [7, 11) is 1.61. The Bertz CT molecular complexity index is 710. The standard InChI is InChI=1S/C23H33NO3S/c1-22(2,24-21(25)19-6-5-18(28-4)10-20(19)26-3)14-27-23-11-15-7-16(12-23)9-17(8-15)13-23/h5-6,10,15-17H,7-9,11-14H2,1-4H3,(H,24,25). The molecule has 0 aromatic heterocycles. The summed E-state index contributed by atoms with van der Waals surface area (Å²) in [4.78, 5) is 14.0. The minimum atomic E-state index is -0.427. The van der Waals surface area contributed by atoms with Gasteiger partial charge in [0.1, 0.15) is 5.75 Å². The maximum absolute atomic E-state index is 12.9. The van der Waals surface area contributed by atoms with Gasteiger partial charge in [0.05, 0.1) is 30.4 Å². The summed E-state index contributed by atoms with van der Waals surface area (Å²) in [5, 5.41) is 3.17. The van der Waals surface area contributed by atoms with E-state index in [1.165, 1.54) is 38.5 Å². The Morgan fingerprint density at radius 3 is 2.32 bits per heavy atom. The van der Waals surface area contributed by atoms with Crippen molar-refractivity contribution in [1.82, 2.24) is 5.32 Å². The van der Waals surface area contributed by atoms with Crippen LogP contribution >= 0.6 is 11.8 Å². The minimum absolute atomic E-state index is 0.0639. The van der Waals surface area contributed by atoms with Gasteiger partial charge in [-0.1, -0.05) is 0 Å². The summed E-state index contributed by atoms with van der Waals surface area (Å²) in [6, 6.07) is 5.72. The maximum atomic E-state index is 12.9. The maximum Gasteiger partial charge on any atom is 0.255 e. The molecular formula is C23H33NO3S. The number of thioether (sulfide) groups is 1. The predicted molar refractivity (Wildman–Crippen MR) is 113 cm³/mol. The molecule has 0 spiro atoms. The summed E-state index contributed by atoms with van der Waals surface area (Å²) in [6.45, 7) is 4.65. The third-order valence-corrected chi connectivity index (χ3v) is 7.55. The Morgan fingerprint density at radius 2 is 1.79 bits per heavy atom. The van der Waals surface area contributed by atoms with Crippen molar-refractivity contribution < 1.29 is 14.3 Å². The molecule has 4 fully saturated rings. The van der Waals surface area contributed by atoms with Gasteiger partial charge in [-0.05, 0) is 94.6 Å². The highest BCUT2D eigenvalue weighted by Gasteiger charge is 2.52. The van der Waals surface area contributed by atoms with E-state index in [1.54, 1.807) is 18.9 Å². The minimum Gasteiger partial charge on any atom is -0.496 e. The number of rotatable bonds is 7. The van der Waals surface area contributed by atoms with Crippen molar-refractivity contribution in [3.63, 3.8) is 0 Å². The molecule has 0 saturated heterocycles. The number of ether oxygens (including phenoxy) is 2. The van der Waals surface area contributed by atoms with E-state index in [0.717, 1.165) is 22.6 Å². The van der Waals surface area contributed by atoms with E-state index in [4.69, 9.17) is 9.47 Å². The van der Waals surface area contributed by atoms with Crippen LogP contribution in [0.2, 0.25) is 0 Å². The third-order valence-electron chi connectivity index (χ3n) is 6.83. The largest absolute Gasteiger partial charge is 0.496 e. The Kier molecular flexibility index (Phi) is 5.43. The van der Waals surface area contributed by atoms with Crippen LogP contribution in [0.15, 0.2) is 23.1 Å². The van der Waals surface area contributed by atoms with Crippen LogP contribution in [0, 0.1) is 17.8 Å². The molecule has 154 valence electrons. The van der Waals surface area contributed by atoms with Crippen molar-refractivity contribution >= 4 is 17.7 Å². The van der Waals surface area contributed by atoms with E-state index in [9.17, 15) is 4.79 Å². The van der Waals surface area contributed by atoms with Gasteiger partial charge in [-0.2, -0.15) is 0 Å². The lowest BCUT2D eigenvalue weighted by Gasteiger charge is -2.56. The van der Waals surface area contributed by atoms with E-state index < -0.39 is 5.54 Å². The molecule has 0 heterocycles. The smallest absolute Gasteiger partial charge is 0.255 e. The van der Waals surface area contributed by atoms with Gasteiger partial charge in [0.15, 0.2) is 0 Å². The molecule has 0 aliphatic heterocycles. The molecular weight excluding hydrogens is 370 g/mol. The molecule has 5 rings (SSSR count). The molecule has 0 atom stereocenters. The highest BCUT2D eigenvalue weighted by Crippen LogP contribution is 2.57. The lowest BCUT2D eigenvalue weighted by Crippen LogP contribution is -2.55. The fourth-order valence-electron chi connectivity index (χ4n) is 5.94. The van der Waals surface area contributed by atoms with Crippen LogP contribution in [-0.2, 0) is 4.74 Å². The molecule has 4 aliphatic rings. The van der Waals surface area contributed by atoms with Crippen LogP contribution in [-0.4, -0.2) is 37.0 Å². The molecule has 28 heavy (non-hydrogen) atoms. The molecule has 0 unspecified atom stereocenters. The fourth-order valence-corrected chi connectivity index (χ4v) is 6.37. The van der Waals surface area contributed by atoms with Gasteiger partial charge in [-0.15, -0.1) is 11.8 Å². The van der Waals surface area contributed by atoms with E-state index in [0.29, 0.717) is 17.9 Å². The fraction of sp³-hybridized carbons (Fsp3) is 0.696. The Hall–Kier alpha value is -1.20. The van der Waals surface area contributed by atoms with Gasteiger partial charge < -0.3 is 14.8 Å². The summed E-state index contributed by atoms with van der Waals surface area (Å²) >= 11 is 1.64. The van der Waals surface area contributed by atoms with E-state index in [-0.39, 0.29) is 11.5 Å². The highest BCUT2D eigenvalue weighted by molar-refractivity contribution is 7.98. The molecule has 1 aromatic carbocycles. The van der Waals surface area contributed by atoms with Gasteiger partial charge >= 0.3 is 0 Å². The first kappa shape index (κ1) is 20.1. The molecule has 4 aliphatic carbocycles. The van der Waals surface area contributed by atoms with Gasteiger partial charge in [-0.3, -0.25) is 4.79 Å². The average molecular weight is 404 g/mol. The molecule has 4 saturated carbocycles. The normalized spacial score (nSPS) is 31.1. The topological polar surface area (TPSA) is 47.6 Å². The van der Waals surface area contributed by atoms with Crippen LogP contribution in [0.5, 0.6) is 5.75 Å². The quantitative estimate of drug-likeness (QED) is 0.657. The van der Waals surface area contributed by atoms with Crippen LogP contribution in [0.3, 0.4) is 0 Å². The molecule has 4 bridgehead atoms. The first-order valence-electron chi connectivity index (χ1n) is 10.5. The number of amides is 1. The van der Waals surface area contributed by atoms with Crippen molar-refractivity contribution in [2.75, 3.05) is 20.0 Å². The second kappa shape index (κ2) is 7.56. The molecule has 1 amide bonds. The van der Waals surface area contributed by atoms with Crippen LogP contribution in [0.4, 0.5) is 0 Å². The molecule has 0 radical (unpaired) electrons. The zero-order valence-corrected chi connectivity index (χ0v) is 18.4. The number of carbonyl (C=O) groups excluding carboxylic acids is 1. The first-order chi connectivity index (χ1) is 13.3. The van der Waals surface area contributed by atoms with Crippen molar-refractivity contribution in [2.45, 2.75) is 68.4 Å². The average Bonchev–Trinajstić information content (AvgIpc) is 2.64. The molecule has 1 N–H and O–H groups in total. The lowest BCUT2D eigenvalue weighted by atomic mass is 9.54. The summed E-state index contributed by atoms with van der Waals surface area (Å²) in [5.41, 5.74) is 0.209.